The Bertz CT molecular complexity index is 1120. The fourth-order valence-corrected chi connectivity index (χ4v) is 4.93. The van der Waals surface area contributed by atoms with Gasteiger partial charge in [0.05, 0.1) is 23.9 Å². The largest absolute Gasteiger partial charge is 0.495 e. The summed E-state index contributed by atoms with van der Waals surface area (Å²) in [5.41, 5.74) is 2.09. The average Bonchev–Trinajstić information content (AvgIpc) is 3.28. The van der Waals surface area contributed by atoms with Crippen LogP contribution in [0.1, 0.15) is 13.8 Å². The lowest BCUT2D eigenvalue weighted by molar-refractivity contribution is 0.406. The van der Waals surface area contributed by atoms with Gasteiger partial charge >= 0.3 is 0 Å². The third-order valence-electron chi connectivity index (χ3n) is 5.23. The number of piperazine rings is 1. The van der Waals surface area contributed by atoms with E-state index in [1.807, 2.05) is 12.1 Å². The van der Waals surface area contributed by atoms with Gasteiger partial charge in [-0.15, -0.1) is 0 Å². The molecule has 1 aliphatic rings. The molecule has 0 amide bonds. The molecule has 8 nitrogen and oxygen atoms in total. The molecule has 0 bridgehead atoms. The van der Waals surface area contributed by atoms with Crippen LogP contribution in [0.4, 0.5) is 11.4 Å². The number of oxazole rings is 1. The normalized spacial score (nSPS) is 19.3. The molecule has 31 heavy (non-hydrogen) atoms. The standard InChI is InChI=1S/C22H26N4O4S/c1-15-12-26(13-16(2)24-15)18-6-9-21(29-3)20(10-18)25-31(27,28)19-7-4-17(5-8-19)22-11-23-14-30-22/h4-11,14-16,24-25H,12-13H2,1-3H3/t15-,16+. The van der Waals surface area contributed by atoms with Crippen molar-refractivity contribution in [2.45, 2.75) is 30.8 Å². The molecular weight excluding hydrogens is 416 g/mol. The van der Waals surface area contributed by atoms with E-state index >= 15 is 0 Å². The van der Waals surface area contributed by atoms with Crippen molar-refractivity contribution in [1.82, 2.24) is 10.3 Å². The number of rotatable bonds is 6. The minimum atomic E-state index is -3.81. The van der Waals surface area contributed by atoms with Crippen LogP contribution >= 0.6 is 0 Å². The zero-order valence-electron chi connectivity index (χ0n) is 17.7. The summed E-state index contributed by atoms with van der Waals surface area (Å²) in [5.74, 6) is 1.03. The number of hydrogen-bond donors (Lipinski definition) is 2. The molecule has 0 aliphatic carbocycles. The molecular formula is C22H26N4O4S. The first-order chi connectivity index (χ1) is 14.9. The van der Waals surface area contributed by atoms with Gasteiger partial charge in [-0.05, 0) is 56.3 Å². The van der Waals surface area contributed by atoms with Gasteiger partial charge < -0.3 is 19.4 Å². The molecule has 9 heteroatoms. The predicted molar refractivity (Wildman–Crippen MR) is 120 cm³/mol. The molecule has 1 aliphatic heterocycles. The Balaban J connectivity index is 1.59. The van der Waals surface area contributed by atoms with E-state index in [4.69, 9.17) is 9.15 Å². The minimum absolute atomic E-state index is 0.146. The molecule has 2 N–H and O–H groups in total. The highest BCUT2D eigenvalue weighted by Gasteiger charge is 2.23. The maximum atomic E-state index is 13.0. The summed E-state index contributed by atoms with van der Waals surface area (Å²) in [6.45, 7) is 5.95. The summed E-state index contributed by atoms with van der Waals surface area (Å²) >= 11 is 0. The van der Waals surface area contributed by atoms with Crippen molar-refractivity contribution in [2.75, 3.05) is 29.8 Å². The second kappa shape index (κ2) is 8.60. The van der Waals surface area contributed by atoms with Gasteiger partial charge in [-0.2, -0.15) is 0 Å². The van der Waals surface area contributed by atoms with Gasteiger partial charge in [-0.25, -0.2) is 13.4 Å². The lowest BCUT2D eigenvalue weighted by Crippen LogP contribution is -2.54. The Morgan fingerprint density at radius 2 is 1.84 bits per heavy atom. The third kappa shape index (κ3) is 4.67. The second-order valence-electron chi connectivity index (χ2n) is 7.75. The van der Waals surface area contributed by atoms with Crippen LogP contribution in [0.15, 0.2) is 64.4 Å². The SMILES string of the molecule is COc1ccc(N2C[C@@H](C)N[C@@H](C)C2)cc1NS(=O)(=O)c1ccc(-c2cnco2)cc1. The molecule has 1 saturated heterocycles. The predicted octanol–water partition coefficient (Wildman–Crippen LogP) is 3.34. The average molecular weight is 443 g/mol. The van der Waals surface area contributed by atoms with Crippen LogP contribution in [0, 0.1) is 0 Å². The highest BCUT2D eigenvalue weighted by molar-refractivity contribution is 7.92. The van der Waals surface area contributed by atoms with E-state index in [9.17, 15) is 8.42 Å². The summed E-state index contributed by atoms with van der Waals surface area (Å²) in [6.07, 6.45) is 2.91. The molecule has 0 spiro atoms. The number of hydrogen-bond acceptors (Lipinski definition) is 7. The smallest absolute Gasteiger partial charge is 0.262 e. The Morgan fingerprint density at radius 1 is 1.13 bits per heavy atom. The van der Waals surface area contributed by atoms with Crippen LogP contribution in [0.5, 0.6) is 5.75 Å². The van der Waals surface area contributed by atoms with Gasteiger partial charge in [0.15, 0.2) is 12.2 Å². The van der Waals surface area contributed by atoms with E-state index < -0.39 is 10.0 Å². The number of benzene rings is 2. The Labute approximate surface area is 182 Å². The first-order valence-electron chi connectivity index (χ1n) is 10.1. The number of sulfonamides is 1. The van der Waals surface area contributed by atoms with Gasteiger partial charge in [0.2, 0.25) is 0 Å². The maximum Gasteiger partial charge on any atom is 0.262 e. The second-order valence-corrected chi connectivity index (χ2v) is 9.44. The maximum absolute atomic E-state index is 13.0. The van der Waals surface area contributed by atoms with Crippen LogP contribution in [-0.4, -0.2) is 45.7 Å². The Hall–Kier alpha value is -3.04. The monoisotopic (exact) mass is 442 g/mol. The number of aromatic nitrogens is 1. The molecule has 3 aromatic rings. The van der Waals surface area contributed by atoms with E-state index in [2.05, 4.69) is 33.8 Å². The lowest BCUT2D eigenvalue weighted by atomic mass is 10.1. The van der Waals surface area contributed by atoms with Gasteiger partial charge in [-0.3, -0.25) is 4.72 Å². The first kappa shape index (κ1) is 21.2. The number of methoxy groups -OCH3 is 1. The zero-order valence-corrected chi connectivity index (χ0v) is 18.5. The van der Waals surface area contributed by atoms with Crippen LogP contribution < -0.4 is 19.7 Å². The molecule has 2 aromatic carbocycles. The molecule has 1 aromatic heterocycles. The third-order valence-corrected chi connectivity index (χ3v) is 6.61. The van der Waals surface area contributed by atoms with Crippen LogP contribution in [0.2, 0.25) is 0 Å². The molecule has 2 atom stereocenters. The first-order valence-corrected chi connectivity index (χ1v) is 11.5. The van der Waals surface area contributed by atoms with E-state index in [1.165, 1.54) is 25.6 Å². The van der Waals surface area contributed by atoms with Crippen molar-refractivity contribution in [3.63, 3.8) is 0 Å². The summed E-state index contributed by atoms with van der Waals surface area (Å²) in [5, 5.41) is 3.50. The fraction of sp³-hybridized carbons (Fsp3) is 0.318. The van der Waals surface area contributed by atoms with E-state index in [0.717, 1.165) is 24.3 Å². The van der Waals surface area contributed by atoms with Crippen LogP contribution in [-0.2, 0) is 10.0 Å². The minimum Gasteiger partial charge on any atom is -0.495 e. The highest BCUT2D eigenvalue weighted by Crippen LogP contribution is 2.32. The van der Waals surface area contributed by atoms with E-state index in [-0.39, 0.29) is 4.90 Å². The van der Waals surface area contributed by atoms with Crippen molar-refractivity contribution >= 4 is 21.4 Å². The van der Waals surface area contributed by atoms with Crippen LogP contribution in [0.3, 0.4) is 0 Å². The van der Waals surface area contributed by atoms with Crippen molar-refractivity contribution in [3.05, 3.63) is 55.1 Å². The molecule has 2 heterocycles. The molecule has 4 rings (SSSR count). The highest BCUT2D eigenvalue weighted by atomic mass is 32.2. The number of nitrogens with zero attached hydrogens (tertiary/aromatic N) is 2. The summed E-state index contributed by atoms with van der Waals surface area (Å²) in [6, 6.07) is 12.7. The molecule has 0 radical (unpaired) electrons. The Morgan fingerprint density at radius 3 is 2.45 bits per heavy atom. The summed E-state index contributed by atoms with van der Waals surface area (Å²) < 4.78 is 39.4. The van der Waals surface area contributed by atoms with Gasteiger partial charge in [0.25, 0.3) is 10.0 Å². The fourth-order valence-electron chi connectivity index (χ4n) is 3.87. The Kier molecular flexibility index (Phi) is 5.88. The zero-order chi connectivity index (χ0) is 22.0. The van der Waals surface area contributed by atoms with E-state index in [1.54, 1.807) is 24.4 Å². The number of anilines is 2. The van der Waals surface area contributed by atoms with Crippen molar-refractivity contribution in [1.29, 1.82) is 0 Å². The quantitative estimate of drug-likeness (QED) is 0.604. The molecule has 0 unspecified atom stereocenters. The molecule has 1 fully saturated rings. The summed E-state index contributed by atoms with van der Waals surface area (Å²) in [4.78, 5) is 6.27. The number of ether oxygens (including phenoxy) is 1. The van der Waals surface area contributed by atoms with Crippen molar-refractivity contribution in [2.24, 2.45) is 0 Å². The topological polar surface area (TPSA) is 96.7 Å². The van der Waals surface area contributed by atoms with Crippen LogP contribution in [0.25, 0.3) is 11.3 Å². The van der Waals surface area contributed by atoms with Gasteiger partial charge in [0.1, 0.15) is 5.75 Å². The summed E-state index contributed by atoms with van der Waals surface area (Å²) in [7, 11) is -2.29. The van der Waals surface area contributed by atoms with Gasteiger partial charge in [0, 0.05) is 36.4 Å². The van der Waals surface area contributed by atoms with Crippen molar-refractivity contribution < 1.29 is 17.6 Å². The number of nitrogens with one attached hydrogen (secondary N) is 2. The lowest BCUT2D eigenvalue weighted by Gasteiger charge is -2.38. The molecule has 0 saturated carbocycles. The van der Waals surface area contributed by atoms with Gasteiger partial charge in [-0.1, -0.05) is 0 Å². The molecule has 164 valence electrons. The van der Waals surface area contributed by atoms with E-state index in [0.29, 0.717) is 29.3 Å². The van der Waals surface area contributed by atoms with Crippen molar-refractivity contribution in [3.8, 4) is 17.1 Å².